The molecule has 0 amide bonds. The van der Waals surface area contributed by atoms with Crippen molar-refractivity contribution in [3.8, 4) is 0 Å². The van der Waals surface area contributed by atoms with E-state index >= 15 is 0 Å². The first kappa shape index (κ1) is 25.5. The van der Waals surface area contributed by atoms with Crippen LogP contribution in [0, 0.1) is 9.81 Å². The molecule has 6 heteroatoms. The zero-order chi connectivity index (χ0) is 21.9. The Hall–Kier alpha value is -2.50. The smallest absolute Gasteiger partial charge is 0.0679 e. The normalized spacial score (nSPS) is 11.3. The fourth-order valence-electron chi connectivity index (χ4n) is 3.16. The number of nitrogens with zero attached hydrogens (tertiary/aromatic N) is 4. The number of rotatable bonds is 18. The van der Waals surface area contributed by atoms with Crippen molar-refractivity contribution in [3.63, 3.8) is 0 Å². The monoisotopic (exact) mass is 414 g/mol. The molecule has 1 aromatic carbocycles. The lowest BCUT2D eigenvalue weighted by Gasteiger charge is -2.13. The Morgan fingerprint density at radius 3 is 1.33 bits per heavy atom. The zero-order valence-corrected chi connectivity index (χ0v) is 18.7. The van der Waals surface area contributed by atoms with Crippen molar-refractivity contribution in [1.82, 2.24) is 0 Å². The number of hydrogen-bond donors (Lipinski definition) is 0. The van der Waals surface area contributed by atoms with Crippen LogP contribution < -0.4 is 10.0 Å². The van der Waals surface area contributed by atoms with Gasteiger partial charge in [0.05, 0.1) is 21.9 Å². The van der Waals surface area contributed by atoms with E-state index in [1.54, 1.807) is 36.7 Å². The molecule has 0 atom stereocenters. The van der Waals surface area contributed by atoms with Gasteiger partial charge in [-0.1, -0.05) is 77.4 Å². The van der Waals surface area contributed by atoms with Crippen molar-refractivity contribution < 1.29 is 0 Å². The first-order chi connectivity index (χ1) is 14.8. The predicted octanol–water partition coefficient (Wildman–Crippen LogP) is 8.41. The van der Waals surface area contributed by atoms with E-state index < -0.39 is 0 Å². The fraction of sp³-hybridized carbons (Fsp3) is 0.583. The van der Waals surface area contributed by atoms with Crippen molar-refractivity contribution in [3.05, 3.63) is 58.6 Å². The SMILES string of the molecule is CCCCCCC/C=C/N(N=O)c1ccc(N(/C=C/CCCCCCC)N=O)cc1. The van der Waals surface area contributed by atoms with E-state index in [2.05, 4.69) is 24.4 Å². The van der Waals surface area contributed by atoms with Crippen LogP contribution in [-0.2, 0) is 0 Å². The molecule has 0 aromatic heterocycles. The van der Waals surface area contributed by atoms with E-state index in [4.69, 9.17) is 0 Å². The van der Waals surface area contributed by atoms with Crippen LogP contribution in [0.1, 0.15) is 90.9 Å². The highest BCUT2D eigenvalue weighted by molar-refractivity contribution is 5.57. The predicted molar refractivity (Wildman–Crippen MR) is 128 cm³/mol. The van der Waals surface area contributed by atoms with Crippen LogP contribution in [0.15, 0.2) is 59.4 Å². The quantitative estimate of drug-likeness (QED) is 0.137. The van der Waals surface area contributed by atoms with Crippen LogP contribution in [0.3, 0.4) is 0 Å². The van der Waals surface area contributed by atoms with Crippen molar-refractivity contribution >= 4 is 11.4 Å². The first-order valence-electron chi connectivity index (χ1n) is 11.4. The summed E-state index contributed by atoms with van der Waals surface area (Å²) in [6.45, 7) is 4.41. The summed E-state index contributed by atoms with van der Waals surface area (Å²) in [4.78, 5) is 22.4. The molecule has 0 heterocycles. The molecule has 0 aliphatic carbocycles. The molecule has 0 unspecified atom stereocenters. The van der Waals surface area contributed by atoms with E-state index in [1.165, 1.54) is 61.4 Å². The number of anilines is 2. The molecular formula is C24H38N4O2. The summed E-state index contributed by atoms with van der Waals surface area (Å²) in [5.74, 6) is 0. The highest BCUT2D eigenvalue weighted by Gasteiger charge is 2.06. The van der Waals surface area contributed by atoms with Crippen LogP contribution in [0.5, 0.6) is 0 Å². The Labute approximate surface area is 181 Å². The lowest BCUT2D eigenvalue weighted by Crippen LogP contribution is -2.08. The first-order valence-corrected chi connectivity index (χ1v) is 11.4. The Morgan fingerprint density at radius 2 is 1.00 bits per heavy atom. The molecule has 6 nitrogen and oxygen atoms in total. The number of nitroso groups, excluding NO2 is 2. The van der Waals surface area contributed by atoms with E-state index in [1.807, 2.05) is 12.2 Å². The number of allylic oxidation sites excluding steroid dienone is 2. The molecule has 0 radical (unpaired) electrons. The fourth-order valence-corrected chi connectivity index (χ4v) is 3.16. The maximum atomic E-state index is 11.2. The highest BCUT2D eigenvalue weighted by atomic mass is 16.3. The molecule has 1 rings (SSSR count). The molecule has 0 aliphatic heterocycles. The van der Waals surface area contributed by atoms with Crippen LogP contribution in [-0.4, -0.2) is 0 Å². The third kappa shape index (κ3) is 10.9. The molecule has 0 N–H and O–H groups in total. The third-order valence-corrected chi connectivity index (χ3v) is 5.00. The minimum Gasteiger partial charge on any atom is -0.205 e. The summed E-state index contributed by atoms with van der Waals surface area (Å²) >= 11 is 0. The van der Waals surface area contributed by atoms with E-state index in [-0.39, 0.29) is 0 Å². The van der Waals surface area contributed by atoms with Gasteiger partial charge in [-0.2, -0.15) is 0 Å². The second kappa shape index (κ2) is 17.4. The van der Waals surface area contributed by atoms with Gasteiger partial charge in [0, 0.05) is 12.4 Å². The molecule has 166 valence electrons. The second-order valence-electron chi connectivity index (χ2n) is 7.54. The molecule has 30 heavy (non-hydrogen) atoms. The Balaban J connectivity index is 2.51. The van der Waals surface area contributed by atoms with Gasteiger partial charge in [0.25, 0.3) is 0 Å². The standard InChI is InChI=1S/C24H38N4O2/c1-3-5-7-9-11-13-15-21-27(25-29)23-17-19-24(20-18-23)28(26-30)22-16-14-12-10-8-6-4-2/h15-22H,3-14H2,1-2H3/b21-15+,22-16+. The summed E-state index contributed by atoms with van der Waals surface area (Å²) in [5.41, 5.74) is 1.31. The second-order valence-corrected chi connectivity index (χ2v) is 7.54. The summed E-state index contributed by atoms with van der Waals surface area (Å²) < 4.78 is 0. The summed E-state index contributed by atoms with van der Waals surface area (Å²) in [6, 6.07) is 7.05. The molecular weight excluding hydrogens is 376 g/mol. The van der Waals surface area contributed by atoms with Gasteiger partial charge >= 0.3 is 0 Å². The van der Waals surface area contributed by atoms with E-state index in [0.717, 1.165) is 25.7 Å². The lowest BCUT2D eigenvalue weighted by atomic mass is 10.1. The number of benzene rings is 1. The summed E-state index contributed by atoms with van der Waals surface area (Å²) in [6.07, 6.45) is 21.4. The van der Waals surface area contributed by atoms with Crippen LogP contribution in [0.2, 0.25) is 0 Å². The lowest BCUT2D eigenvalue weighted by molar-refractivity contribution is 0.637. The topological polar surface area (TPSA) is 65.3 Å². The van der Waals surface area contributed by atoms with E-state index in [0.29, 0.717) is 11.4 Å². The van der Waals surface area contributed by atoms with Gasteiger partial charge in [-0.05, 0) is 49.9 Å². The van der Waals surface area contributed by atoms with E-state index in [9.17, 15) is 9.81 Å². The van der Waals surface area contributed by atoms with Crippen LogP contribution in [0.25, 0.3) is 0 Å². The van der Waals surface area contributed by atoms with Crippen LogP contribution in [0.4, 0.5) is 11.4 Å². The van der Waals surface area contributed by atoms with Gasteiger partial charge < -0.3 is 0 Å². The zero-order valence-electron chi connectivity index (χ0n) is 18.7. The van der Waals surface area contributed by atoms with Gasteiger partial charge in [0.2, 0.25) is 0 Å². The van der Waals surface area contributed by atoms with Crippen molar-refractivity contribution in [2.75, 3.05) is 10.0 Å². The minimum absolute atomic E-state index is 0.654. The number of hydrogen-bond acceptors (Lipinski definition) is 4. The van der Waals surface area contributed by atoms with Gasteiger partial charge in [-0.25, -0.2) is 10.0 Å². The maximum Gasteiger partial charge on any atom is 0.0679 e. The molecule has 0 fully saturated rings. The van der Waals surface area contributed by atoms with Gasteiger partial charge in [-0.15, -0.1) is 9.81 Å². The van der Waals surface area contributed by atoms with Gasteiger partial charge in [0.15, 0.2) is 0 Å². The number of unbranched alkanes of at least 4 members (excludes halogenated alkanes) is 10. The van der Waals surface area contributed by atoms with Gasteiger partial charge in [-0.3, -0.25) is 0 Å². The average molecular weight is 415 g/mol. The molecule has 0 saturated carbocycles. The Kier molecular flexibility index (Phi) is 14.8. The Morgan fingerprint density at radius 1 is 0.633 bits per heavy atom. The van der Waals surface area contributed by atoms with Gasteiger partial charge in [0.1, 0.15) is 0 Å². The highest BCUT2D eigenvalue weighted by Crippen LogP contribution is 2.22. The summed E-state index contributed by atoms with van der Waals surface area (Å²) in [5, 5.41) is 8.76. The largest absolute Gasteiger partial charge is 0.205 e. The molecule has 0 saturated heterocycles. The molecule has 0 bridgehead atoms. The third-order valence-electron chi connectivity index (χ3n) is 5.00. The Bertz CT molecular complexity index is 574. The van der Waals surface area contributed by atoms with Crippen molar-refractivity contribution in [1.29, 1.82) is 0 Å². The van der Waals surface area contributed by atoms with Crippen molar-refractivity contribution in [2.45, 2.75) is 90.9 Å². The molecule has 1 aromatic rings. The molecule has 0 aliphatic rings. The minimum atomic E-state index is 0.654. The maximum absolute atomic E-state index is 11.2. The van der Waals surface area contributed by atoms with Crippen LogP contribution >= 0.6 is 0 Å². The van der Waals surface area contributed by atoms with Crippen molar-refractivity contribution in [2.24, 2.45) is 10.6 Å². The average Bonchev–Trinajstić information content (AvgIpc) is 2.78. The molecule has 0 spiro atoms. The summed E-state index contributed by atoms with van der Waals surface area (Å²) in [7, 11) is 0.